The van der Waals surface area contributed by atoms with Crippen LogP contribution in [0.3, 0.4) is 0 Å². The largest absolute Gasteiger partial charge is 0.318 e. The Morgan fingerprint density at radius 2 is 1.80 bits per heavy atom. The van der Waals surface area contributed by atoms with Crippen molar-refractivity contribution in [1.82, 2.24) is 19.6 Å². The molecular formula is C13H9F2N4Y-. The van der Waals surface area contributed by atoms with Gasteiger partial charge in [-0.2, -0.15) is 5.10 Å². The van der Waals surface area contributed by atoms with Crippen molar-refractivity contribution in [3.63, 3.8) is 0 Å². The Morgan fingerprint density at radius 3 is 2.45 bits per heavy atom. The quantitative estimate of drug-likeness (QED) is 0.635. The molecule has 0 amide bonds. The first kappa shape index (κ1) is 15.1. The van der Waals surface area contributed by atoms with Gasteiger partial charge >= 0.3 is 0 Å². The molecule has 0 bridgehead atoms. The van der Waals surface area contributed by atoms with Gasteiger partial charge in [0.1, 0.15) is 6.33 Å². The molecule has 20 heavy (non-hydrogen) atoms. The number of rotatable bonds is 1. The van der Waals surface area contributed by atoms with Crippen LogP contribution in [-0.2, 0) is 32.7 Å². The Hall–Kier alpha value is -1.27. The van der Waals surface area contributed by atoms with Crippen LogP contribution in [0.15, 0.2) is 18.5 Å². The molecule has 0 aliphatic heterocycles. The second-order valence-electron chi connectivity index (χ2n) is 4.26. The third-order valence-electron chi connectivity index (χ3n) is 2.91. The van der Waals surface area contributed by atoms with Crippen LogP contribution in [0, 0.1) is 31.7 Å². The van der Waals surface area contributed by atoms with Gasteiger partial charge in [-0.05, 0) is 42.1 Å². The van der Waals surface area contributed by atoms with Crippen LogP contribution >= 0.6 is 0 Å². The summed E-state index contributed by atoms with van der Waals surface area (Å²) in [7, 11) is 0. The summed E-state index contributed by atoms with van der Waals surface area (Å²) in [6.07, 6.45) is 3.96. The molecule has 0 saturated carbocycles. The topological polar surface area (TPSA) is 43.1 Å². The summed E-state index contributed by atoms with van der Waals surface area (Å²) in [4.78, 5) is 7.81. The summed E-state index contributed by atoms with van der Waals surface area (Å²) in [5, 5.41) is 3.96. The van der Waals surface area contributed by atoms with Crippen LogP contribution in [0.1, 0.15) is 11.3 Å². The van der Waals surface area contributed by atoms with E-state index in [1.807, 2.05) is 0 Å². The fourth-order valence-corrected chi connectivity index (χ4v) is 2.02. The monoisotopic (exact) mass is 348 g/mol. The van der Waals surface area contributed by atoms with Crippen LogP contribution in [0.5, 0.6) is 0 Å². The zero-order chi connectivity index (χ0) is 13.6. The van der Waals surface area contributed by atoms with E-state index in [0.29, 0.717) is 17.0 Å². The minimum Gasteiger partial charge on any atom is -0.318 e. The smallest absolute Gasteiger partial charge is 0.166 e. The van der Waals surface area contributed by atoms with E-state index in [4.69, 9.17) is 0 Å². The maximum absolute atomic E-state index is 14.0. The van der Waals surface area contributed by atoms with Gasteiger partial charge in [0.15, 0.2) is 5.78 Å². The van der Waals surface area contributed by atoms with Gasteiger partial charge in [0.25, 0.3) is 0 Å². The molecule has 2 heterocycles. The second-order valence-corrected chi connectivity index (χ2v) is 4.26. The molecule has 3 rings (SSSR count). The molecule has 0 aliphatic rings. The van der Waals surface area contributed by atoms with Crippen LogP contribution in [-0.4, -0.2) is 19.6 Å². The van der Waals surface area contributed by atoms with Crippen molar-refractivity contribution in [3.8, 4) is 11.1 Å². The first-order chi connectivity index (χ1) is 9.08. The molecule has 0 saturated heterocycles. The SMILES string of the molecule is Cc1cc(F)c(-c2[c-]nc3ncnn3c2C)c(F)c1.[Y]. The number of fused-ring (bicyclic) bond motifs is 1. The minimum atomic E-state index is -0.641. The fourth-order valence-electron chi connectivity index (χ4n) is 2.02. The second kappa shape index (κ2) is 5.62. The number of halogens is 2. The van der Waals surface area contributed by atoms with Crippen LogP contribution < -0.4 is 0 Å². The van der Waals surface area contributed by atoms with Crippen molar-refractivity contribution in [2.75, 3.05) is 0 Å². The van der Waals surface area contributed by atoms with Gasteiger partial charge in [-0.3, -0.25) is 4.52 Å². The zero-order valence-corrected chi connectivity index (χ0v) is 13.7. The molecule has 3 aromatic rings. The standard InChI is InChI=1S/C13H9F2N4.Y/c1-7-3-10(14)12(11(15)4-7)9-5-16-13-17-6-18-19(13)8(9)2;/h3-4,6H,1-2H3;/q-1;. The van der Waals surface area contributed by atoms with Gasteiger partial charge in [0.05, 0.1) is 11.6 Å². The van der Waals surface area contributed by atoms with Crippen molar-refractivity contribution in [2.45, 2.75) is 13.8 Å². The van der Waals surface area contributed by atoms with Crippen LogP contribution in [0.25, 0.3) is 16.9 Å². The van der Waals surface area contributed by atoms with E-state index in [1.54, 1.807) is 13.8 Å². The summed E-state index contributed by atoms with van der Waals surface area (Å²) in [6.45, 7) is 3.32. The van der Waals surface area contributed by atoms with Crippen LogP contribution in [0.4, 0.5) is 8.78 Å². The van der Waals surface area contributed by atoms with Crippen molar-refractivity contribution in [3.05, 3.63) is 47.5 Å². The molecule has 0 atom stereocenters. The Balaban J connectivity index is 0.00000147. The molecule has 0 N–H and O–H groups in total. The summed E-state index contributed by atoms with van der Waals surface area (Å²) in [5.74, 6) is -0.939. The molecule has 1 aromatic carbocycles. The van der Waals surface area contributed by atoms with Crippen LogP contribution in [0.2, 0.25) is 0 Å². The number of benzene rings is 1. The van der Waals surface area contributed by atoms with Gasteiger partial charge < -0.3 is 4.98 Å². The predicted octanol–water partition coefficient (Wildman–Crippen LogP) is 2.48. The number of hydrogen-bond acceptors (Lipinski definition) is 3. The Kier molecular flexibility index (Phi) is 4.25. The third kappa shape index (κ3) is 2.38. The van der Waals surface area contributed by atoms with Crippen molar-refractivity contribution in [1.29, 1.82) is 0 Å². The average Bonchev–Trinajstić information content (AvgIpc) is 2.79. The summed E-state index contributed by atoms with van der Waals surface area (Å²) >= 11 is 0. The Morgan fingerprint density at radius 1 is 1.15 bits per heavy atom. The molecule has 1 radical (unpaired) electrons. The maximum atomic E-state index is 14.0. The van der Waals surface area contributed by atoms with Crippen molar-refractivity contribution in [2.24, 2.45) is 0 Å². The van der Waals surface area contributed by atoms with E-state index >= 15 is 0 Å². The Labute approximate surface area is 139 Å². The minimum absolute atomic E-state index is 0. The number of nitrogens with zero attached hydrogens (tertiary/aromatic N) is 4. The van der Waals surface area contributed by atoms with Gasteiger partial charge in [-0.15, -0.1) is 0 Å². The van der Waals surface area contributed by atoms with Crippen molar-refractivity contribution >= 4 is 5.78 Å². The normalized spacial score (nSPS) is 10.6. The summed E-state index contributed by atoms with van der Waals surface area (Å²) in [5.41, 5.74) is 1.15. The Bertz CT molecular complexity index is 762. The average molecular weight is 348 g/mol. The molecule has 4 nitrogen and oxygen atoms in total. The van der Waals surface area contributed by atoms with E-state index in [2.05, 4.69) is 21.3 Å². The molecule has 7 heteroatoms. The van der Waals surface area contributed by atoms with Crippen molar-refractivity contribution < 1.29 is 41.5 Å². The molecule has 99 valence electrons. The number of aryl methyl sites for hydroxylation is 2. The molecule has 0 fully saturated rings. The van der Waals surface area contributed by atoms with Gasteiger partial charge in [0, 0.05) is 32.7 Å². The van der Waals surface area contributed by atoms with E-state index in [-0.39, 0.29) is 43.8 Å². The van der Waals surface area contributed by atoms with Gasteiger partial charge in [-0.25, -0.2) is 13.8 Å². The van der Waals surface area contributed by atoms with E-state index < -0.39 is 11.6 Å². The van der Waals surface area contributed by atoms with E-state index in [0.717, 1.165) is 0 Å². The summed E-state index contributed by atoms with van der Waals surface area (Å²) < 4.78 is 29.4. The van der Waals surface area contributed by atoms with Gasteiger partial charge in [-0.1, -0.05) is 12.5 Å². The first-order valence-electron chi connectivity index (χ1n) is 5.62. The summed E-state index contributed by atoms with van der Waals surface area (Å²) in [6, 6.07) is 2.55. The fraction of sp³-hybridized carbons (Fsp3) is 0.154. The molecule has 0 aliphatic carbocycles. The number of hydrogen-bond donors (Lipinski definition) is 0. The van der Waals surface area contributed by atoms with E-state index in [1.165, 1.54) is 23.0 Å². The third-order valence-corrected chi connectivity index (χ3v) is 2.91. The van der Waals surface area contributed by atoms with E-state index in [9.17, 15) is 8.78 Å². The zero-order valence-electron chi connectivity index (χ0n) is 10.9. The molecule has 2 aromatic heterocycles. The number of aromatic nitrogens is 4. The first-order valence-corrected chi connectivity index (χ1v) is 5.62. The molecule has 0 unspecified atom stereocenters. The molecule has 0 spiro atoms. The molecular weight excluding hydrogens is 339 g/mol. The van der Waals surface area contributed by atoms with Gasteiger partial charge in [0.2, 0.25) is 0 Å². The predicted molar refractivity (Wildman–Crippen MR) is 64.4 cm³/mol. The maximum Gasteiger partial charge on any atom is 0.166 e.